The zero-order valence-electron chi connectivity index (χ0n) is 11.8. The second kappa shape index (κ2) is 6.33. The summed E-state index contributed by atoms with van der Waals surface area (Å²) in [7, 11) is -3.43. The van der Waals surface area contributed by atoms with E-state index >= 15 is 0 Å². The van der Waals surface area contributed by atoms with E-state index in [0.717, 1.165) is 12.8 Å². The molecule has 0 heterocycles. The van der Waals surface area contributed by atoms with Gasteiger partial charge in [0.25, 0.3) is 0 Å². The van der Waals surface area contributed by atoms with Crippen LogP contribution in [-0.4, -0.2) is 31.9 Å². The molecule has 0 atom stereocenters. The first-order valence-corrected chi connectivity index (χ1v) is 8.85. The highest BCUT2D eigenvalue weighted by atomic mass is 35.5. The van der Waals surface area contributed by atoms with Crippen molar-refractivity contribution in [2.75, 3.05) is 13.2 Å². The molecule has 0 aliphatic heterocycles. The topological polar surface area (TPSA) is 46.6 Å². The van der Waals surface area contributed by atoms with E-state index in [2.05, 4.69) is 0 Å². The number of sulfonamides is 1. The summed E-state index contributed by atoms with van der Waals surface area (Å²) in [5.41, 5.74) is 0.710. The van der Waals surface area contributed by atoms with Crippen LogP contribution in [0.1, 0.15) is 32.3 Å². The van der Waals surface area contributed by atoms with Gasteiger partial charge in [-0.3, -0.25) is 0 Å². The Morgan fingerprint density at radius 3 is 2.55 bits per heavy atom. The molecule has 0 radical (unpaired) electrons. The Hall–Kier alpha value is -0.780. The fraction of sp³-hybridized carbons (Fsp3) is 0.571. The lowest BCUT2D eigenvalue weighted by Crippen LogP contribution is -2.32. The van der Waals surface area contributed by atoms with Gasteiger partial charge in [0, 0.05) is 18.2 Å². The van der Waals surface area contributed by atoms with Crippen molar-refractivity contribution in [2.45, 2.75) is 43.5 Å². The second-order valence-electron chi connectivity index (χ2n) is 4.78. The Bertz CT molecular complexity index is 570. The smallest absolute Gasteiger partial charge is 0.243 e. The second-order valence-corrected chi connectivity index (χ2v) is 6.93. The highest BCUT2D eigenvalue weighted by Gasteiger charge is 2.37. The molecule has 0 unspecified atom stereocenters. The first kappa shape index (κ1) is 15.6. The maximum absolute atomic E-state index is 12.6. The Morgan fingerprint density at radius 1 is 1.35 bits per heavy atom. The van der Waals surface area contributed by atoms with Crippen molar-refractivity contribution in [3.8, 4) is 5.75 Å². The van der Waals surface area contributed by atoms with Crippen molar-refractivity contribution in [3.63, 3.8) is 0 Å². The van der Waals surface area contributed by atoms with E-state index in [1.165, 1.54) is 0 Å². The summed E-state index contributed by atoms with van der Waals surface area (Å²) in [6.07, 6.45) is 1.90. The number of alkyl halides is 1. The third kappa shape index (κ3) is 3.10. The van der Waals surface area contributed by atoms with Crippen LogP contribution in [0.3, 0.4) is 0 Å². The van der Waals surface area contributed by atoms with Gasteiger partial charge in [-0.1, -0.05) is 6.92 Å². The van der Waals surface area contributed by atoms with E-state index < -0.39 is 10.0 Å². The number of hydrogen-bond acceptors (Lipinski definition) is 3. The number of benzene rings is 1. The van der Waals surface area contributed by atoms with E-state index in [0.29, 0.717) is 29.4 Å². The molecule has 1 aromatic carbocycles. The summed E-state index contributed by atoms with van der Waals surface area (Å²) in [6, 6.07) is 5.07. The lowest BCUT2D eigenvalue weighted by atomic mass is 10.2. The third-order valence-corrected chi connectivity index (χ3v) is 5.66. The first-order chi connectivity index (χ1) is 9.54. The molecule has 0 amide bonds. The van der Waals surface area contributed by atoms with E-state index in [4.69, 9.17) is 16.3 Å². The van der Waals surface area contributed by atoms with Crippen LogP contribution in [0.2, 0.25) is 0 Å². The molecular weight excluding hydrogens is 298 g/mol. The molecule has 0 N–H and O–H groups in total. The fourth-order valence-corrected chi connectivity index (χ4v) is 4.19. The standard InChI is InChI=1S/C14H20ClNO3S/c1-3-16(12-5-6-12)20(17,18)13-7-8-14(19-4-2)11(9-13)10-15/h7-9,12H,3-6,10H2,1-2H3. The van der Waals surface area contributed by atoms with Crippen LogP contribution in [0.5, 0.6) is 5.75 Å². The first-order valence-electron chi connectivity index (χ1n) is 6.88. The molecule has 0 bridgehead atoms. The minimum absolute atomic E-state index is 0.163. The highest BCUT2D eigenvalue weighted by molar-refractivity contribution is 7.89. The molecule has 1 aliphatic carbocycles. The molecule has 112 valence electrons. The maximum atomic E-state index is 12.6. The molecular formula is C14H20ClNO3S. The van der Waals surface area contributed by atoms with Gasteiger partial charge < -0.3 is 4.74 Å². The zero-order valence-corrected chi connectivity index (χ0v) is 13.4. The van der Waals surface area contributed by atoms with E-state index in [1.54, 1.807) is 22.5 Å². The quantitative estimate of drug-likeness (QED) is 0.726. The Labute approximate surface area is 125 Å². The van der Waals surface area contributed by atoms with Crippen molar-refractivity contribution in [1.82, 2.24) is 4.31 Å². The van der Waals surface area contributed by atoms with E-state index in [1.807, 2.05) is 13.8 Å². The van der Waals surface area contributed by atoms with Crippen LogP contribution < -0.4 is 4.74 Å². The summed E-state index contributed by atoms with van der Waals surface area (Å²) >= 11 is 5.89. The molecule has 20 heavy (non-hydrogen) atoms. The van der Waals surface area contributed by atoms with Crippen molar-refractivity contribution in [3.05, 3.63) is 23.8 Å². The monoisotopic (exact) mass is 317 g/mol. The summed E-state index contributed by atoms with van der Waals surface area (Å²) in [4.78, 5) is 0.297. The van der Waals surface area contributed by atoms with Gasteiger partial charge in [0.15, 0.2) is 0 Å². The van der Waals surface area contributed by atoms with Gasteiger partial charge in [-0.25, -0.2) is 8.42 Å². The molecule has 0 spiro atoms. The van der Waals surface area contributed by atoms with Crippen LogP contribution in [0, 0.1) is 0 Å². The van der Waals surface area contributed by atoms with Crippen LogP contribution in [0.4, 0.5) is 0 Å². The molecule has 1 saturated carbocycles. The Kier molecular flexibility index (Phi) is 4.94. The summed E-state index contributed by atoms with van der Waals surface area (Å²) in [5, 5.41) is 0. The van der Waals surface area contributed by atoms with Gasteiger partial charge in [0.1, 0.15) is 5.75 Å². The number of rotatable bonds is 7. The maximum Gasteiger partial charge on any atom is 0.243 e. The summed E-state index contributed by atoms with van der Waals surface area (Å²) < 4.78 is 32.3. The van der Waals surface area contributed by atoms with Crippen LogP contribution in [0.25, 0.3) is 0 Å². The minimum atomic E-state index is -3.43. The number of ether oxygens (including phenoxy) is 1. The van der Waals surface area contributed by atoms with Crippen molar-refractivity contribution in [2.24, 2.45) is 0 Å². The van der Waals surface area contributed by atoms with E-state index in [-0.39, 0.29) is 11.9 Å². The van der Waals surface area contributed by atoms with Crippen LogP contribution >= 0.6 is 11.6 Å². The number of hydrogen-bond donors (Lipinski definition) is 0. The van der Waals surface area contributed by atoms with E-state index in [9.17, 15) is 8.42 Å². The largest absolute Gasteiger partial charge is 0.494 e. The molecule has 1 fully saturated rings. The average molecular weight is 318 g/mol. The highest BCUT2D eigenvalue weighted by Crippen LogP contribution is 2.33. The Morgan fingerprint density at radius 2 is 2.05 bits per heavy atom. The van der Waals surface area contributed by atoms with Gasteiger partial charge in [-0.05, 0) is 38.0 Å². The van der Waals surface area contributed by atoms with Crippen LogP contribution in [0.15, 0.2) is 23.1 Å². The van der Waals surface area contributed by atoms with Crippen molar-refractivity contribution in [1.29, 1.82) is 0 Å². The van der Waals surface area contributed by atoms with Gasteiger partial charge in [-0.2, -0.15) is 4.31 Å². The Balaban J connectivity index is 2.36. The molecule has 0 aromatic heterocycles. The predicted molar refractivity (Wildman–Crippen MR) is 79.8 cm³/mol. The van der Waals surface area contributed by atoms with Gasteiger partial charge >= 0.3 is 0 Å². The van der Waals surface area contributed by atoms with Crippen LogP contribution in [-0.2, 0) is 15.9 Å². The zero-order chi connectivity index (χ0) is 14.8. The van der Waals surface area contributed by atoms with Gasteiger partial charge in [0.2, 0.25) is 10.0 Å². The van der Waals surface area contributed by atoms with Gasteiger partial charge in [-0.15, -0.1) is 11.6 Å². The van der Waals surface area contributed by atoms with Crippen molar-refractivity contribution < 1.29 is 13.2 Å². The van der Waals surface area contributed by atoms with Crippen molar-refractivity contribution >= 4 is 21.6 Å². The lowest BCUT2D eigenvalue weighted by molar-refractivity contribution is 0.337. The molecule has 4 nitrogen and oxygen atoms in total. The number of halogens is 1. The average Bonchev–Trinajstić information content (AvgIpc) is 3.24. The lowest BCUT2D eigenvalue weighted by Gasteiger charge is -2.20. The molecule has 1 aromatic rings. The molecule has 1 aliphatic rings. The summed E-state index contributed by atoms with van der Waals surface area (Å²) in [6.45, 7) is 4.77. The molecule has 6 heteroatoms. The third-order valence-electron chi connectivity index (χ3n) is 3.35. The van der Waals surface area contributed by atoms with Gasteiger partial charge in [0.05, 0.1) is 17.4 Å². The molecule has 0 saturated heterocycles. The number of nitrogens with zero attached hydrogens (tertiary/aromatic N) is 1. The summed E-state index contributed by atoms with van der Waals surface area (Å²) in [5.74, 6) is 0.879. The predicted octanol–water partition coefficient (Wildman–Crippen LogP) is 3.00. The normalized spacial score (nSPS) is 15.6. The minimum Gasteiger partial charge on any atom is -0.494 e. The molecule has 2 rings (SSSR count). The SMILES string of the molecule is CCOc1ccc(S(=O)(=O)N(CC)C2CC2)cc1CCl. The fourth-order valence-electron chi connectivity index (χ4n) is 2.24.